The highest BCUT2D eigenvalue weighted by molar-refractivity contribution is 5.91. The number of Topliss-reactive ketones (excluding diaryl/α,β-unsaturated/α-hetero) is 1. The summed E-state index contributed by atoms with van der Waals surface area (Å²) in [5.74, 6) is 1.33. The molecule has 0 saturated carbocycles. The third-order valence-electron chi connectivity index (χ3n) is 2.79. The number of ketones is 1. The summed E-state index contributed by atoms with van der Waals surface area (Å²) in [6.45, 7) is 0. The van der Waals surface area contributed by atoms with Gasteiger partial charge in [0.2, 0.25) is 0 Å². The Morgan fingerprint density at radius 3 is 2.93 bits per heavy atom. The maximum atomic E-state index is 11.3. The molecule has 1 aromatic carbocycles. The molecule has 0 atom stereocenters. The highest BCUT2D eigenvalue weighted by Crippen LogP contribution is 2.30. The van der Waals surface area contributed by atoms with Crippen molar-refractivity contribution in [1.29, 1.82) is 0 Å². The zero-order chi connectivity index (χ0) is 9.54. The van der Waals surface area contributed by atoms with Crippen LogP contribution in [0.1, 0.15) is 17.7 Å². The molecule has 0 spiro atoms. The van der Waals surface area contributed by atoms with Crippen LogP contribution in [-0.4, -0.2) is 5.78 Å². The molecule has 0 unspecified atom stereocenters. The summed E-state index contributed by atoms with van der Waals surface area (Å²) in [7, 11) is 0. The van der Waals surface area contributed by atoms with E-state index in [1.54, 1.807) is 0 Å². The Hall–Kier alpha value is -1.57. The van der Waals surface area contributed by atoms with Crippen LogP contribution >= 0.6 is 0 Å². The molecular weight excluding hydrogens is 176 g/mol. The zero-order valence-electron chi connectivity index (χ0n) is 7.75. The Morgan fingerprint density at radius 1 is 1.14 bits per heavy atom. The summed E-state index contributed by atoms with van der Waals surface area (Å²) in [4.78, 5) is 11.3. The number of hydrogen-bond acceptors (Lipinski definition) is 2. The molecule has 70 valence electrons. The Kier molecular flexibility index (Phi) is 1.51. The van der Waals surface area contributed by atoms with Crippen LogP contribution in [0.2, 0.25) is 0 Å². The second-order valence-electron chi connectivity index (χ2n) is 3.72. The first-order valence-electron chi connectivity index (χ1n) is 4.85. The summed E-state index contributed by atoms with van der Waals surface area (Å²) in [5, 5.41) is 1.11. The average Bonchev–Trinajstić information content (AvgIpc) is 2.56. The number of benzene rings is 1. The number of furan rings is 1. The smallest absolute Gasteiger partial charge is 0.137 e. The maximum absolute atomic E-state index is 11.3. The lowest BCUT2D eigenvalue weighted by Gasteiger charge is -2.07. The normalized spacial score (nSPS) is 15.9. The summed E-state index contributed by atoms with van der Waals surface area (Å²) < 4.78 is 5.69. The van der Waals surface area contributed by atoms with E-state index in [2.05, 4.69) is 0 Å². The molecule has 2 nitrogen and oxygen atoms in total. The highest BCUT2D eigenvalue weighted by Gasteiger charge is 2.21. The standard InChI is InChI=1S/C12H10O2/c13-8-5-6-12-10(7-8)9-3-1-2-4-11(9)14-12/h1-4H,5-7H2. The largest absolute Gasteiger partial charge is 0.461 e. The second kappa shape index (κ2) is 2.71. The van der Waals surface area contributed by atoms with Gasteiger partial charge in [-0.2, -0.15) is 0 Å². The predicted molar refractivity (Wildman–Crippen MR) is 53.2 cm³/mol. The van der Waals surface area contributed by atoms with E-state index < -0.39 is 0 Å². The Labute approximate surface area is 81.5 Å². The second-order valence-corrected chi connectivity index (χ2v) is 3.72. The predicted octanol–water partition coefficient (Wildman–Crippen LogP) is 2.49. The molecule has 0 radical (unpaired) electrons. The SMILES string of the molecule is O=C1CCc2oc3ccccc3c2C1. The number of hydrogen-bond donors (Lipinski definition) is 0. The molecule has 1 aliphatic carbocycles. The van der Waals surface area contributed by atoms with Crippen molar-refractivity contribution in [3.63, 3.8) is 0 Å². The molecule has 2 heteroatoms. The quantitative estimate of drug-likeness (QED) is 0.632. The van der Waals surface area contributed by atoms with Gasteiger partial charge in [-0.3, -0.25) is 4.79 Å². The number of aryl methyl sites for hydroxylation is 1. The van der Waals surface area contributed by atoms with Crippen molar-refractivity contribution in [2.45, 2.75) is 19.3 Å². The highest BCUT2D eigenvalue weighted by atomic mass is 16.3. The van der Waals surface area contributed by atoms with Gasteiger partial charge in [0, 0.05) is 30.2 Å². The Morgan fingerprint density at radius 2 is 2.00 bits per heavy atom. The van der Waals surface area contributed by atoms with E-state index in [9.17, 15) is 4.79 Å². The van der Waals surface area contributed by atoms with Gasteiger partial charge in [-0.25, -0.2) is 0 Å². The van der Waals surface area contributed by atoms with Crippen molar-refractivity contribution in [2.75, 3.05) is 0 Å². The fourth-order valence-electron chi connectivity index (χ4n) is 2.08. The first kappa shape index (κ1) is 7.80. The van der Waals surface area contributed by atoms with Gasteiger partial charge in [0.25, 0.3) is 0 Å². The van der Waals surface area contributed by atoms with Gasteiger partial charge in [0.15, 0.2) is 0 Å². The molecule has 0 amide bonds. The van der Waals surface area contributed by atoms with E-state index >= 15 is 0 Å². The fourth-order valence-corrected chi connectivity index (χ4v) is 2.08. The van der Waals surface area contributed by atoms with E-state index in [0.717, 1.165) is 28.7 Å². The minimum atomic E-state index is 0.323. The van der Waals surface area contributed by atoms with Crippen LogP contribution in [0.4, 0.5) is 0 Å². The van der Waals surface area contributed by atoms with Gasteiger partial charge >= 0.3 is 0 Å². The van der Waals surface area contributed by atoms with E-state index in [-0.39, 0.29) is 0 Å². The van der Waals surface area contributed by atoms with Gasteiger partial charge in [-0.05, 0) is 6.07 Å². The van der Waals surface area contributed by atoms with Crippen molar-refractivity contribution < 1.29 is 9.21 Å². The zero-order valence-corrected chi connectivity index (χ0v) is 7.75. The van der Waals surface area contributed by atoms with Crippen LogP contribution in [0.25, 0.3) is 11.0 Å². The summed E-state index contributed by atoms with van der Waals surface area (Å²) in [6.07, 6.45) is 1.95. The monoisotopic (exact) mass is 186 g/mol. The molecule has 3 rings (SSSR count). The third-order valence-corrected chi connectivity index (χ3v) is 2.79. The minimum absolute atomic E-state index is 0.323. The average molecular weight is 186 g/mol. The molecule has 0 bridgehead atoms. The number of rotatable bonds is 0. The fraction of sp³-hybridized carbons (Fsp3) is 0.250. The van der Waals surface area contributed by atoms with Crippen molar-refractivity contribution in [3.8, 4) is 0 Å². The molecule has 1 aromatic heterocycles. The summed E-state index contributed by atoms with van der Waals surface area (Å²) in [6, 6.07) is 7.92. The first-order chi connectivity index (χ1) is 6.84. The summed E-state index contributed by atoms with van der Waals surface area (Å²) >= 11 is 0. The van der Waals surface area contributed by atoms with Gasteiger partial charge in [0.1, 0.15) is 17.1 Å². The van der Waals surface area contributed by atoms with Gasteiger partial charge < -0.3 is 4.42 Å². The molecule has 1 aliphatic rings. The Balaban J connectivity index is 2.30. The molecule has 0 N–H and O–H groups in total. The number of carbonyl (C=O) groups is 1. The molecule has 1 heterocycles. The first-order valence-corrected chi connectivity index (χ1v) is 4.85. The number of fused-ring (bicyclic) bond motifs is 3. The van der Waals surface area contributed by atoms with Crippen LogP contribution < -0.4 is 0 Å². The lowest BCUT2D eigenvalue weighted by molar-refractivity contribution is -0.118. The van der Waals surface area contributed by atoms with Crippen LogP contribution in [-0.2, 0) is 17.6 Å². The van der Waals surface area contributed by atoms with Crippen molar-refractivity contribution in [2.24, 2.45) is 0 Å². The molecular formula is C12H10O2. The summed E-state index contributed by atoms with van der Waals surface area (Å²) in [5.41, 5.74) is 2.02. The van der Waals surface area contributed by atoms with E-state index in [1.165, 1.54) is 0 Å². The van der Waals surface area contributed by atoms with Crippen LogP contribution in [0.15, 0.2) is 28.7 Å². The van der Waals surface area contributed by atoms with E-state index in [4.69, 9.17) is 4.42 Å². The van der Waals surface area contributed by atoms with Gasteiger partial charge in [0.05, 0.1) is 0 Å². The molecule has 0 aliphatic heterocycles. The molecule has 0 saturated heterocycles. The molecule has 0 fully saturated rings. The Bertz CT molecular complexity index is 508. The lowest BCUT2D eigenvalue weighted by Crippen LogP contribution is -2.11. The lowest BCUT2D eigenvalue weighted by atomic mass is 9.95. The van der Waals surface area contributed by atoms with Crippen molar-refractivity contribution in [1.82, 2.24) is 0 Å². The van der Waals surface area contributed by atoms with Crippen molar-refractivity contribution >= 4 is 16.8 Å². The maximum Gasteiger partial charge on any atom is 0.137 e. The van der Waals surface area contributed by atoms with Crippen LogP contribution in [0.5, 0.6) is 0 Å². The number of para-hydroxylation sites is 1. The topological polar surface area (TPSA) is 30.2 Å². The van der Waals surface area contributed by atoms with Crippen LogP contribution in [0.3, 0.4) is 0 Å². The molecule has 14 heavy (non-hydrogen) atoms. The van der Waals surface area contributed by atoms with Crippen molar-refractivity contribution in [3.05, 3.63) is 35.6 Å². The number of carbonyl (C=O) groups excluding carboxylic acids is 1. The molecule has 2 aromatic rings. The van der Waals surface area contributed by atoms with E-state index in [1.807, 2.05) is 24.3 Å². The van der Waals surface area contributed by atoms with Gasteiger partial charge in [-0.15, -0.1) is 0 Å². The van der Waals surface area contributed by atoms with Crippen LogP contribution in [0, 0.1) is 0 Å². The third kappa shape index (κ3) is 1.00. The van der Waals surface area contributed by atoms with E-state index in [0.29, 0.717) is 18.6 Å². The van der Waals surface area contributed by atoms with Gasteiger partial charge in [-0.1, -0.05) is 18.2 Å². The minimum Gasteiger partial charge on any atom is -0.461 e.